The van der Waals surface area contributed by atoms with Crippen molar-refractivity contribution in [2.45, 2.75) is 80.6 Å². The zero-order chi connectivity index (χ0) is 28.1. The third-order valence-electron chi connectivity index (χ3n) is 11.1. The first-order valence-corrected chi connectivity index (χ1v) is 15.6. The van der Waals surface area contributed by atoms with E-state index >= 15 is 0 Å². The molecule has 5 nitrogen and oxygen atoms in total. The van der Waals surface area contributed by atoms with Crippen molar-refractivity contribution >= 4 is 0 Å². The van der Waals surface area contributed by atoms with Crippen LogP contribution >= 0.6 is 0 Å². The molecule has 7 rings (SSSR count). The van der Waals surface area contributed by atoms with E-state index in [1.165, 1.54) is 35.1 Å². The zero-order valence-electron chi connectivity index (χ0n) is 24.3. The maximum absolute atomic E-state index is 13.0. The summed E-state index contributed by atoms with van der Waals surface area (Å²) < 4.78 is 5.74. The Hall–Kier alpha value is -2.70. The van der Waals surface area contributed by atoms with Crippen LogP contribution in [0.4, 0.5) is 0 Å². The molecule has 5 heteroatoms. The fraction of sp³-hybridized carbons (Fsp3) is 0.500. The molecule has 2 N–H and O–H groups in total. The SMILES string of the molecule is COc1ccc2c(c1)C13CCN(CC4CC4)C(C2)C1(O)CCC(CO)(N(Cc1ccccc1)Cc1ccccc1)C3. The fourth-order valence-corrected chi connectivity index (χ4v) is 8.68. The normalized spacial score (nSPS) is 31.0. The highest BCUT2D eigenvalue weighted by atomic mass is 16.5. The van der Waals surface area contributed by atoms with Crippen molar-refractivity contribution in [1.29, 1.82) is 0 Å². The van der Waals surface area contributed by atoms with Crippen molar-refractivity contribution in [3.05, 3.63) is 101 Å². The lowest BCUT2D eigenvalue weighted by atomic mass is 9.46. The second kappa shape index (κ2) is 10.5. The van der Waals surface area contributed by atoms with Gasteiger partial charge in [-0.2, -0.15) is 0 Å². The first-order valence-electron chi connectivity index (χ1n) is 15.6. The molecule has 0 spiro atoms. The van der Waals surface area contributed by atoms with Gasteiger partial charge in [-0.15, -0.1) is 0 Å². The number of piperidine rings is 1. The fourth-order valence-electron chi connectivity index (χ4n) is 8.68. The van der Waals surface area contributed by atoms with Gasteiger partial charge in [0.05, 0.1) is 19.3 Å². The second-order valence-corrected chi connectivity index (χ2v) is 13.3. The molecule has 1 aliphatic heterocycles. The molecule has 1 saturated heterocycles. The molecule has 0 aromatic heterocycles. The molecule has 2 saturated carbocycles. The highest BCUT2D eigenvalue weighted by Crippen LogP contribution is 2.61. The van der Waals surface area contributed by atoms with Gasteiger partial charge in [0.25, 0.3) is 0 Å². The highest BCUT2D eigenvalue weighted by molar-refractivity contribution is 5.49. The van der Waals surface area contributed by atoms with E-state index in [0.29, 0.717) is 6.42 Å². The summed E-state index contributed by atoms with van der Waals surface area (Å²) >= 11 is 0. The number of rotatable bonds is 9. The Kier molecular flexibility index (Phi) is 6.98. The van der Waals surface area contributed by atoms with Gasteiger partial charge in [-0.1, -0.05) is 66.7 Å². The Bertz CT molecular complexity index is 1320. The quantitative estimate of drug-likeness (QED) is 0.376. The summed E-state index contributed by atoms with van der Waals surface area (Å²) in [5.74, 6) is 1.64. The Morgan fingerprint density at radius 1 is 0.902 bits per heavy atom. The summed E-state index contributed by atoms with van der Waals surface area (Å²) in [6, 6.07) is 27.9. The standard InChI is InChI=1S/C36H44N2O3/c1-41-31-15-14-30-20-33-36(40)17-16-34(26-39,25-35(36,32(30)21-31)18-19-37(33)22-29-12-13-29)38(23-27-8-4-2-5-9-27)24-28-10-6-3-7-11-28/h2-11,14-15,21,29,33,39-40H,12-13,16-20,22-26H2,1H3. The van der Waals surface area contributed by atoms with Crippen LogP contribution < -0.4 is 4.74 Å². The van der Waals surface area contributed by atoms with Crippen LogP contribution in [0.1, 0.15) is 60.8 Å². The van der Waals surface area contributed by atoms with Crippen molar-refractivity contribution in [2.24, 2.45) is 5.92 Å². The topological polar surface area (TPSA) is 56.2 Å². The minimum atomic E-state index is -0.830. The molecule has 4 atom stereocenters. The maximum Gasteiger partial charge on any atom is 0.119 e. The third kappa shape index (κ3) is 4.62. The van der Waals surface area contributed by atoms with Crippen LogP contribution in [0.25, 0.3) is 0 Å². The van der Waals surface area contributed by atoms with E-state index in [1.54, 1.807) is 7.11 Å². The van der Waals surface area contributed by atoms with Gasteiger partial charge in [-0.25, -0.2) is 0 Å². The van der Waals surface area contributed by atoms with Gasteiger partial charge in [-0.05, 0) is 91.8 Å². The molecule has 3 aromatic rings. The van der Waals surface area contributed by atoms with Crippen LogP contribution in [0.15, 0.2) is 78.9 Å². The Labute approximate surface area is 244 Å². The van der Waals surface area contributed by atoms with E-state index in [0.717, 1.165) is 63.5 Å². The number of hydrogen-bond donors (Lipinski definition) is 2. The number of ether oxygens (including phenoxy) is 1. The predicted octanol–water partition coefficient (Wildman–Crippen LogP) is 5.32. The van der Waals surface area contributed by atoms with Crippen molar-refractivity contribution in [1.82, 2.24) is 9.80 Å². The number of hydrogen-bond acceptors (Lipinski definition) is 5. The van der Waals surface area contributed by atoms with Gasteiger partial charge in [0.2, 0.25) is 0 Å². The third-order valence-corrected chi connectivity index (χ3v) is 11.1. The Morgan fingerprint density at radius 3 is 2.20 bits per heavy atom. The van der Waals surface area contributed by atoms with E-state index in [9.17, 15) is 10.2 Å². The lowest BCUT2D eigenvalue weighted by molar-refractivity contribution is -0.198. The van der Waals surface area contributed by atoms with Crippen molar-refractivity contribution in [3.63, 3.8) is 0 Å². The molecule has 3 fully saturated rings. The number of benzene rings is 3. The van der Waals surface area contributed by atoms with Crippen LogP contribution in [-0.2, 0) is 24.9 Å². The van der Waals surface area contributed by atoms with Crippen molar-refractivity contribution in [3.8, 4) is 5.75 Å². The first kappa shape index (κ1) is 27.2. The number of methoxy groups -OCH3 is 1. The average Bonchev–Trinajstić information content (AvgIpc) is 3.83. The molecule has 3 aliphatic carbocycles. The van der Waals surface area contributed by atoms with E-state index < -0.39 is 16.6 Å². The van der Waals surface area contributed by atoms with E-state index in [4.69, 9.17) is 4.74 Å². The van der Waals surface area contributed by atoms with Crippen LogP contribution in [0.5, 0.6) is 5.75 Å². The van der Waals surface area contributed by atoms with Crippen LogP contribution in [0.2, 0.25) is 0 Å². The summed E-state index contributed by atoms with van der Waals surface area (Å²) in [5.41, 5.74) is 3.36. The van der Waals surface area contributed by atoms with E-state index in [2.05, 4.69) is 88.7 Å². The molecule has 41 heavy (non-hydrogen) atoms. The van der Waals surface area contributed by atoms with Crippen LogP contribution in [0.3, 0.4) is 0 Å². The molecular weight excluding hydrogens is 508 g/mol. The largest absolute Gasteiger partial charge is 0.497 e. The molecule has 0 radical (unpaired) electrons. The summed E-state index contributed by atoms with van der Waals surface area (Å²) in [4.78, 5) is 5.15. The lowest BCUT2D eigenvalue weighted by Crippen LogP contribution is -2.76. The van der Waals surface area contributed by atoms with Gasteiger partial charge in [0, 0.05) is 36.6 Å². The summed E-state index contributed by atoms with van der Waals surface area (Å²) in [6.07, 6.45) is 6.63. The lowest BCUT2D eigenvalue weighted by Gasteiger charge is -2.67. The van der Waals surface area contributed by atoms with Gasteiger partial charge >= 0.3 is 0 Å². The van der Waals surface area contributed by atoms with Gasteiger partial charge in [0.15, 0.2) is 0 Å². The Balaban J connectivity index is 1.33. The van der Waals surface area contributed by atoms with Crippen LogP contribution in [-0.4, -0.2) is 64.0 Å². The second-order valence-electron chi connectivity index (χ2n) is 13.3. The average molecular weight is 553 g/mol. The summed E-state index contributed by atoms with van der Waals surface area (Å²) in [6.45, 7) is 3.69. The van der Waals surface area contributed by atoms with Gasteiger partial charge in [-0.3, -0.25) is 9.80 Å². The molecule has 3 aromatic carbocycles. The number of fused-ring (bicyclic) bond motifs is 1. The Morgan fingerprint density at radius 2 is 1.59 bits per heavy atom. The minimum Gasteiger partial charge on any atom is -0.497 e. The monoisotopic (exact) mass is 552 g/mol. The number of aliphatic hydroxyl groups excluding tert-OH is 1. The molecule has 2 bridgehead atoms. The smallest absolute Gasteiger partial charge is 0.119 e. The molecule has 4 aliphatic rings. The number of aliphatic hydroxyl groups is 2. The van der Waals surface area contributed by atoms with Crippen LogP contribution in [0, 0.1) is 5.92 Å². The zero-order valence-corrected chi connectivity index (χ0v) is 24.3. The molecule has 1 heterocycles. The molecule has 0 amide bonds. The number of likely N-dealkylation sites (tertiary alicyclic amines) is 1. The van der Waals surface area contributed by atoms with Gasteiger partial charge < -0.3 is 14.9 Å². The van der Waals surface area contributed by atoms with Gasteiger partial charge in [0.1, 0.15) is 5.75 Å². The molecular formula is C36H44N2O3. The molecule has 4 unspecified atom stereocenters. The molecule has 216 valence electrons. The highest BCUT2D eigenvalue weighted by Gasteiger charge is 2.67. The number of nitrogens with zero attached hydrogens (tertiary/aromatic N) is 2. The summed E-state index contributed by atoms with van der Waals surface area (Å²) in [5, 5.41) is 24.4. The van der Waals surface area contributed by atoms with Crippen molar-refractivity contribution < 1.29 is 14.9 Å². The summed E-state index contributed by atoms with van der Waals surface area (Å²) in [7, 11) is 1.73. The minimum absolute atomic E-state index is 0.0697. The predicted molar refractivity (Wildman–Crippen MR) is 162 cm³/mol. The first-order chi connectivity index (χ1) is 20.0. The maximum atomic E-state index is 13.0. The van der Waals surface area contributed by atoms with Crippen molar-refractivity contribution in [2.75, 3.05) is 26.8 Å². The van der Waals surface area contributed by atoms with E-state index in [-0.39, 0.29) is 12.6 Å². The van der Waals surface area contributed by atoms with E-state index in [1.807, 2.05) is 0 Å².